The van der Waals surface area contributed by atoms with Gasteiger partial charge in [0.15, 0.2) is 0 Å². The number of fused-ring (bicyclic) bond motifs is 5. The van der Waals surface area contributed by atoms with Crippen molar-refractivity contribution < 1.29 is 5.11 Å². The molecule has 2 unspecified atom stereocenters. The lowest BCUT2D eigenvalue weighted by atomic mass is 9.44. The van der Waals surface area contributed by atoms with Crippen LogP contribution in [0.4, 0.5) is 0 Å². The molecule has 0 radical (unpaired) electrons. The Balaban J connectivity index is 1.69. The van der Waals surface area contributed by atoms with Crippen LogP contribution in [0.1, 0.15) is 78.6 Å². The van der Waals surface area contributed by atoms with Gasteiger partial charge in [-0.25, -0.2) is 0 Å². The second-order valence-electron chi connectivity index (χ2n) is 9.98. The molecule has 4 aliphatic rings. The van der Waals surface area contributed by atoms with Crippen LogP contribution in [-0.2, 0) is 0 Å². The average molecular weight is 373 g/mol. The molecule has 4 aliphatic carbocycles. The molecule has 4 fully saturated rings. The van der Waals surface area contributed by atoms with Crippen molar-refractivity contribution in [2.45, 2.75) is 94.9 Å². The summed E-state index contributed by atoms with van der Waals surface area (Å²) in [6.07, 6.45) is 10.3. The Morgan fingerprint density at radius 3 is 2.50 bits per heavy atom. The molecular formula is C21H34Cl2O. The first-order valence-corrected chi connectivity index (χ1v) is 11.1. The third kappa shape index (κ3) is 2.16. The molecule has 3 heteroatoms. The number of rotatable bonds is 1. The van der Waals surface area contributed by atoms with Crippen molar-refractivity contribution in [2.24, 2.45) is 34.5 Å². The van der Waals surface area contributed by atoms with Crippen LogP contribution >= 0.6 is 23.2 Å². The number of hydrogen-bond donors (Lipinski definition) is 1. The first kappa shape index (κ1) is 17.9. The van der Waals surface area contributed by atoms with Crippen LogP contribution in [0.15, 0.2) is 0 Å². The molecule has 1 nitrogen and oxygen atoms in total. The first-order chi connectivity index (χ1) is 11.3. The van der Waals surface area contributed by atoms with Crippen LogP contribution in [0.25, 0.3) is 0 Å². The fourth-order valence-corrected chi connectivity index (χ4v) is 8.99. The van der Waals surface area contributed by atoms with Crippen molar-refractivity contribution in [1.29, 1.82) is 0 Å². The van der Waals surface area contributed by atoms with Gasteiger partial charge in [-0.15, -0.1) is 23.2 Å². The van der Waals surface area contributed by atoms with E-state index in [2.05, 4.69) is 20.8 Å². The van der Waals surface area contributed by atoms with Gasteiger partial charge in [0.2, 0.25) is 0 Å². The summed E-state index contributed by atoms with van der Waals surface area (Å²) in [7, 11) is 0. The van der Waals surface area contributed by atoms with E-state index in [9.17, 15) is 5.11 Å². The number of aliphatic hydroxyl groups is 1. The Labute approximate surface area is 157 Å². The van der Waals surface area contributed by atoms with Gasteiger partial charge >= 0.3 is 0 Å². The summed E-state index contributed by atoms with van der Waals surface area (Å²) in [6.45, 7) is 7.37. The van der Waals surface area contributed by atoms with Crippen molar-refractivity contribution in [1.82, 2.24) is 0 Å². The van der Waals surface area contributed by atoms with E-state index in [1.54, 1.807) is 0 Å². The van der Waals surface area contributed by atoms with E-state index in [0.717, 1.165) is 37.0 Å². The monoisotopic (exact) mass is 372 g/mol. The van der Waals surface area contributed by atoms with Crippen LogP contribution in [0.3, 0.4) is 0 Å². The summed E-state index contributed by atoms with van der Waals surface area (Å²) in [5, 5.41) is 10.3. The third-order valence-corrected chi connectivity index (χ3v) is 10.9. The van der Waals surface area contributed by atoms with Crippen LogP contribution in [0.5, 0.6) is 0 Å². The third-order valence-electron chi connectivity index (χ3n) is 9.40. The Bertz CT molecular complexity index is 510. The van der Waals surface area contributed by atoms with Gasteiger partial charge in [0.25, 0.3) is 0 Å². The molecule has 0 amide bonds. The Hall–Kier alpha value is 0.540. The standard InChI is InChI=1S/C21H34Cl2O/c1-4-13-5-6-16-15-11-18(22)21(23)12-14(24)7-10-20(21,3)17(15)8-9-19(13,16)2/h13-18,24H,4-12H2,1-3H3/t13-,14-,15-,16-,17-,18?,19+,20+,21?/m0/s1. The molecule has 0 spiro atoms. The number of halogens is 2. The first-order valence-electron chi connectivity index (χ1n) is 10.3. The fourth-order valence-electron chi connectivity index (χ4n) is 7.94. The Morgan fingerprint density at radius 2 is 1.79 bits per heavy atom. The van der Waals surface area contributed by atoms with E-state index in [4.69, 9.17) is 23.2 Å². The van der Waals surface area contributed by atoms with Crippen molar-refractivity contribution in [3.8, 4) is 0 Å². The maximum atomic E-state index is 10.3. The van der Waals surface area contributed by atoms with Crippen molar-refractivity contribution in [2.75, 3.05) is 0 Å². The second-order valence-corrected chi connectivity index (χ2v) is 11.2. The highest BCUT2D eigenvalue weighted by molar-refractivity contribution is 6.33. The fraction of sp³-hybridized carbons (Fsp3) is 1.00. The predicted molar refractivity (Wildman–Crippen MR) is 102 cm³/mol. The number of hydrogen-bond acceptors (Lipinski definition) is 1. The normalized spacial score (nSPS) is 60.2. The molecule has 0 aliphatic heterocycles. The minimum Gasteiger partial charge on any atom is -0.393 e. The molecule has 0 aromatic rings. The zero-order valence-electron chi connectivity index (χ0n) is 15.5. The average Bonchev–Trinajstić information content (AvgIpc) is 2.87. The van der Waals surface area contributed by atoms with Gasteiger partial charge in [0.05, 0.1) is 16.4 Å². The molecule has 4 saturated carbocycles. The lowest BCUT2D eigenvalue weighted by Crippen LogP contribution is -2.64. The van der Waals surface area contributed by atoms with Gasteiger partial charge in [0.1, 0.15) is 0 Å². The lowest BCUT2D eigenvalue weighted by Gasteiger charge is -2.65. The Kier molecular flexibility index (Phi) is 4.31. The number of alkyl halides is 2. The largest absolute Gasteiger partial charge is 0.393 e. The van der Waals surface area contributed by atoms with E-state index < -0.39 is 4.87 Å². The molecule has 1 N–H and O–H groups in total. The van der Waals surface area contributed by atoms with E-state index in [1.807, 2.05) is 0 Å². The maximum absolute atomic E-state index is 10.3. The highest BCUT2D eigenvalue weighted by atomic mass is 35.5. The highest BCUT2D eigenvalue weighted by Gasteiger charge is 2.66. The van der Waals surface area contributed by atoms with Crippen LogP contribution in [-0.4, -0.2) is 21.5 Å². The summed E-state index contributed by atoms with van der Waals surface area (Å²) in [6, 6.07) is 0. The molecule has 0 bridgehead atoms. The van der Waals surface area contributed by atoms with E-state index in [0.29, 0.717) is 17.8 Å². The maximum Gasteiger partial charge on any atom is 0.0690 e. The highest BCUT2D eigenvalue weighted by Crippen LogP contribution is 2.70. The summed E-state index contributed by atoms with van der Waals surface area (Å²) in [5.41, 5.74) is 0.623. The zero-order chi connectivity index (χ0) is 17.3. The SMILES string of the molecule is CC[C@H]1CC[C@H]2[C@@H]3CC(Cl)C4(Cl)C[C@@H](O)CC[C@]4(C)[C@H]3CC[C@]12C. The molecule has 138 valence electrons. The van der Waals surface area contributed by atoms with Gasteiger partial charge in [-0.05, 0) is 85.9 Å². The number of aliphatic hydroxyl groups excluding tert-OH is 1. The van der Waals surface area contributed by atoms with Gasteiger partial charge < -0.3 is 5.11 Å². The van der Waals surface area contributed by atoms with Crippen molar-refractivity contribution in [3.63, 3.8) is 0 Å². The second kappa shape index (κ2) is 5.77. The van der Waals surface area contributed by atoms with Crippen molar-refractivity contribution in [3.05, 3.63) is 0 Å². The quantitative estimate of drug-likeness (QED) is 0.559. The summed E-state index contributed by atoms with van der Waals surface area (Å²) in [4.78, 5) is -0.413. The molecule has 4 rings (SSSR count). The summed E-state index contributed by atoms with van der Waals surface area (Å²) < 4.78 is 0. The molecule has 0 heterocycles. The zero-order valence-corrected chi connectivity index (χ0v) is 17.0. The minimum absolute atomic E-state index is 0.00314. The van der Waals surface area contributed by atoms with E-state index in [1.165, 1.54) is 32.1 Å². The van der Waals surface area contributed by atoms with Gasteiger partial charge in [-0.1, -0.05) is 27.2 Å². The van der Waals surface area contributed by atoms with E-state index >= 15 is 0 Å². The van der Waals surface area contributed by atoms with Gasteiger partial charge in [-0.2, -0.15) is 0 Å². The molecule has 0 aromatic carbocycles. The van der Waals surface area contributed by atoms with Crippen molar-refractivity contribution >= 4 is 23.2 Å². The lowest BCUT2D eigenvalue weighted by molar-refractivity contribution is -0.113. The Morgan fingerprint density at radius 1 is 1.04 bits per heavy atom. The summed E-state index contributed by atoms with van der Waals surface area (Å²) in [5.74, 6) is 3.19. The van der Waals surface area contributed by atoms with Gasteiger partial charge in [-0.3, -0.25) is 0 Å². The molecular weight excluding hydrogens is 339 g/mol. The summed E-state index contributed by atoms with van der Waals surface area (Å²) >= 11 is 14.2. The van der Waals surface area contributed by atoms with Crippen LogP contribution in [0, 0.1) is 34.5 Å². The predicted octanol–water partition coefficient (Wildman–Crippen LogP) is 5.99. The minimum atomic E-state index is -0.413. The van der Waals surface area contributed by atoms with Gasteiger partial charge in [0, 0.05) is 0 Å². The van der Waals surface area contributed by atoms with Crippen LogP contribution in [0.2, 0.25) is 0 Å². The molecule has 0 aromatic heterocycles. The van der Waals surface area contributed by atoms with Crippen LogP contribution < -0.4 is 0 Å². The van der Waals surface area contributed by atoms with E-state index in [-0.39, 0.29) is 16.9 Å². The topological polar surface area (TPSA) is 20.2 Å². The molecule has 0 saturated heterocycles. The molecule has 9 atom stereocenters. The smallest absolute Gasteiger partial charge is 0.0690 e. The molecule has 24 heavy (non-hydrogen) atoms.